The van der Waals surface area contributed by atoms with Gasteiger partial charge in [0.15, 0.2) is 12.2 Å². The fourth-order valence-electron chi connectivity index (χ4n) is 8.80. The summed E-state index contributed by atoms with van der Waals surface area (Å²) >= 11 is 0. The average Bonchev–Trinajstić information content (AvgIpc) is 1.71. The number of ether oxygens (including phenoxy) is 14. The number of esters is 8. The fourth-order valence-corrected chi connectivity index (χ4v) is 8.80. The summed E-state index contributed by atoms with van der Waals surface area (Å²) in [4.78, 5) is 124. The summed E-state index contributed by atoms with van der Waals surface area (Å²) in [6.07, 6.45) is 2.82. The molecule has 6 aromatic carbocycles. The maximum absolute atomic E-state index is 13.2. The maximum atomic E-state index is 13.2. The van der Waals surface area contributed by atoms with Crippen LogP contribution in [0.5, 0.6) is 34.5 Å². The van der Waals surface area contributed by atoms with Crippen LogP contribution in [0.1, 0.15) is 114 Å². The van der Waals surface area contributed by atoms with Gasteiger partial charge in [-0.2, -0.15) is 0 Å². The number of carbonyl (C=O) groups is 10. The molecule has 2 heterocycles. The molecular weight excluding hydrogens is 1200 g/mol. The van der Waals surface area contributed by atoms with Crippen molar-refractivity contribution in [3.8, 4) is 34.5 Å². The van der Waals surface area contributed by atoms with Gasteiger partial charge in [0.2, 0.25) is 0 Å². The Labute approximate surface area is 526 Å². The third-order valence-corrected chi connectivity index (χ3v) is 13.6. The van der Waals surface area contributed by atoms with E-state index in [1.165, 1.54) is 146 Å². The van der Waals surface area contributed by atoms with Crippen molar-refractivity contribution in [1.82, 2.24) is 0 Å². The summed E-state index contributed by atoms with van der Waals surface area (Å²) < 4.78 is 75.3. The Kier molecular flexibility index (Phi) is 24.8. The predicted octanol–water partition coefficient (Wildman–Crippen LogP) is 10.7. The third-order valence-electron chi connectivity index (χ3n) is 13.6. The first-order valence-corrected chi connectivity index (χ1v) is 29.0. The quantitative estimate of drug-likeness (QED) is 0.0101. The Morgan fingerprint density at radius 1 is 0.315 bits per heavy atom. The highest BCUT2D eigenvalue weighted by atomic mass is 16.7. The van der Waals surface area contributed by atoms with Crippen molar-refractivity contribution in [3.63, 3.8) is 0 Å². The van der Waals surface area contributed by atoms with E-state index in [0.29, 0.717) is 25.7 Å². The highest BCUT2D eigenvalue weighted by Crippen LogP contribution is 2.32. The molecule has 2 aliphatic rings. The van der Waals surface area contributed by atoms with Crippen LogP contribution in [0, 0.1) is 0 Å². The van der Waals surface area contributed by atoms with E-state index < -0.39 is 84.5 Å². The third kappa shape index (κ3) is 20.5. The largest absolute Gasteiger partial charge is 0.513 e. The van der Waals surface area contributed by atoms with E-state index >= 15 is 0 Å². The number of hydrogen-bond donors (Lipinski definition) is 0. The lowest BCUT2D eigenvalue weighted by Gasteiger charge is -2.17. The zero-order chi connectivity index (χ0) is 65.2. The zero-order valence-electron chi connectivity index (χ0n) is 49.4. The van der Waals surface area contributed by atoms with Crippen molar-refractivity contribution in [2.75, 3.05) is 39.6 Å². The van der Waals surface area contributed by atoms with Gasteiger partial charge in [-0.15, -0.1) is 0 Å². The molecule has 0 saturated carbocycles. The molecule has 0 amide bonds. The summed E-state index contributed by atoms with van der Waals surface area (Å²) in [5, 5.41) is 0. The van der Waals surface area contributed by atoms with Gasteiger partial charge in [-0.05, 0) is 197 Å². The van der Waals surface area contributed by atoms with Gasteiger partial charge in [0.25, 0.3) is 0 Å². The second-order valence-corrected chi connectivity index (χ2v) is 20.2. The summed E-state index contributed by atoms with van der Waals surface area (Å²) in [6, 6.07) is 33.7. The van der Waals surface area contributed by atoms with Crippen LogP contribution in [0.4, 0.5) is 9.59 Å². The van der Waals surface area contributed by atoms with E-state index in [1.807, 2.05) is 0 Å². The molecule has 2 fully saturated rings. The number of hydrogen-bond acceptors (Lipinski definition) is 24. The molecule has 478 valence electrons. The van der Waals surface area contributed by atoms with Crippen LogP contribution in [-0.4, -0.2) is 124 Å². The molecule has 0 spiro atoms. The number of fused-ring (bicyclic) bond motifs is 1. The molecule has 24 nitrogen and oxygen atoms in total. The van der Waals surface area contributed by atoms with Crippen molar-refractivity contribution >= 4 is 60.1 Å². The van der Waals surface area contributed by atoms with Crippen LogP contribution in [0.2, 0.25) is 0 Å². The van der Waals surface area contributed by atoms with Crippen molar-refractivity contribution < 1.29 is 114 Å². The molecule has 0 N–H and O–H groups in total. The summed E-state index contributed by atoms with van der Waals surface area (Å²) in [6.45, 7) is 7.44. The van der Waals surface area contributed by atoms with Crippen molar-refractivity contribution in [3.05, 3.63) is 204 Å². The second-order valence-electron chi connectivity index (χ2n) is 20.2. The minimum Gasteiger partial charge on any atom is -0.463 e. The summed E-state index contributed by atoms with van der Waals surface area (Å²) in [5.74, 6) is -4.45. The molecule has 0 bridgehead atoms. The smallest absolute Gasteiger partial charge is 0.463 e. The van der Waals surface area contributed by atoms with Crippen LogP contribution < -0.4 is 28.4 Å². The minimum atomic E-state index is -0.904. The Morgan fingerprint density at radius 3 is 0.793 bits per heavy atom. The highest BCUT2D eigenvalue weighted by molar-refractivity contribution is 5.95. The van der Waals surface area contributed by atoms with Gasteiger partial charge in [-0.1, -0.05) is 13.2 Å². The van der Waals surface area contributed by atoms with E-state index in [4.69, 9.17) is 66.3 Å². The number of carbonyl (C=O) groups excluding carboxylic acids is 10. The molecule has 2 aliphatic heterocycles. The minimum absolute atomic E-state index is 0.0412. The first-order chi connectivity index (χ1) is 44.6. The standard InChI is InChI=1S/C68H62O24/c1-3-57(69)79-37-9-5-7-11-39-81-67(77)89-53-33-21-45(22-34-53)63(73)85-49-25-13-43(14-26-49)61(71)87-51-29-17-47(18-30-51)65(75)91-55-41-83-60-56(42-84-59(55)60)92-66(76)48-19-31-52(32-20-48)88-62(72)44-15-27-50(28-16-44)86-64(74)46-23-35-54(36-24-46)90-68(78)82-40-12-8-6-10-38-80-58(70)4-2/h3-4,13-36,55-56,59-60H,1-2,5-12,37-42H2/t55-,56?,59?,60?/m1/s1. The number of benzene rings is 6. The molecule has 0 radical (unpaired) electrons. The van der Waals surface area contributed by atoms with Gasteiger partial charge >= 0.3 is 60.1 Å². The molecule has 0 aliphatic carbocycles. The number of unbranched alkanes of at least 4 members (excludes halogenated alkanes) is 6. The van der Waals surface area contributed by atoms with Crippen LogP contribution in [-0.2, 0) is 47.5 Å². The van der Waals surface area contributed by atoms with Gasteiger partial charge in [-0.3, -0.25) is 0 Å². The Bertz CT molecular complexity index is 3330. The normalized spacial score (nSPS) is 15.2. The van der Waals surface area contributed by atoms with Crippen molar-refractivity contribution in [2.45, 2.75) is 75.8 Å². The van der Waals surface area contributed by atoms with Gasteiger partial charge in [-0.25, -0.2) is 47.9 Å². The van der Waals surface area contributed by atoms with E-state index in [0.717, 1.165) is 37.8 Å². The van der Waals surface area contributed by atoms with Crippen LogP contribution >= 0.6 is 0 Å². The number of rotatable bonds is 30. The topological polar surface area (TPSA) is 300 Å². The lowest BCUT2D eigenvalue weighted by Crippen LogP contribution is -2.36. The van der Waals surface area contributed by atoms with Crippen LogP contribution in [0.25, 0.3) is 0 Å². The molecule has 4 atom stereocenters. The van der Waals surface area contributed by atoms with E-state index in [9.17, 15) is 47.9 Å². The molecule has 8 rings (SSSR count). The SMILES string of the molecule is C=CC(=O)OCCCCCCOC(=O)Oc1ccc(C(=O)Oc2ccc(C(=O)Oc3ccc(C(=O)OC4COC5C4OC[C@H]5OC(=O)c4ccc(OC(=O)c5ccc(OC(=O)c6ccc(OC(=O)OCCCCCCOC(=O)C=C)cc6)cc5)cc4)cc3)cc2)cc1. The monoisotopic (exact) mass is 1260 g/mol. The first-order valence-electron chi connectivity index (χ1n) is 29.0. The maximum Gasteiger partial charge on any atom is 0.513 e. The molecule has 0 aromatic heterocycles. The average molecular weight is 1260 g/mol. The second kappa shape index (κ2) is 34.1. The highest BCUT2D eigenvalue weighted by Gasteiger charge is 2.51. The van der Waals surface area contributed by atoms with Gasteiger partial charge in [0.1, 0.15) is 46.7 Å². The van der Waals surface area contributed by atoms with Crippen molar-refractivity contribution in [1.29, 1.82) is 0 Å². The molecule has 92 heavy (non-hydrogen) atoms. The van der Waals surface area contributed by atoms with Gasteiger partial charge in [0.05, 0.1) is 73.0 Å². The predicted molar refractivity (Wildman–Crippen MR) is 320 cm³/mol. The van der Waals surface area contributed by atoms with E-state index in [2.05, 4.69) is 13.2 Å². The van der Waals surface area contributed by atoms with Crippen molar-refractivity contribution in [2.24, 2.45) is 0 Å². The molecule has 6 aromatic rings. The zero-order valence-corrected chi connectivity index (χ0v) is 49.4. The Balaban J connectivity index is 0.694. The molecule has 3 unspecified atom stereocenters. The molecule has 2 saturated heterocycles. The van der Waals surface area contributed by atoms with E-state index in [-0.39, 0.29) is 108 Å². The molecule has 24 heteroatoms. The summed E-state index contributed by atoms with van der Waals surface area (Å²) in [5.41, 5.74) is 0.855. The Morgan fingerprint density at radius 2 is 0.543 bits per heavy atom. The van der Waals surface area contributed by atoms with Crippen LogP contribution in [0.15, 0.2) is 171 Å². The molecular formula is C68H62O24. The van der Waals surface area contributed by atoms with E-state index in [1.54, 1.807) is 0 Å². The first kappa shape index (κ1) is 67.0. The Hall–Kier alpha value is -11.0. The van der Waals surface area contributed by atoms with Gasteiger partial charge < -0.3 is 66.3 Å². The lowest BCUT2D eigenvalue weighted by molar-refractivity contribution is -0.138. The van der Waals surface area contributed by atoms with Crippen LogP contribution in [0.3, 0.4) is 0 Å². The fraction of sp³-hybridized carbons (Fsp3) is 0.265. The van der Waals surface area contributed by atoms with Gasteiger partial charge in [0, 0.05) is 12.2 Å². The summed E-state index contributed by atoms with van der Waals surface area (Å²) in [7, 11) is 0. The lowest BCUT2D eigenvalue weighted by atomic mass is 10.1.